The lowest BCUT2D eigenvalue weighted by atomic mass is 10.1. The van der Waals surface area contributed by atoms with Gasteiger partial charge >= 0.3 is 11.9 Å². The SMILES string of the molecule is COC(=O)c1c(OC(C)=O)ccc(Br)c1C. The highest BCUT2D eigenvalue weighted by molar-refractivity contribution is 9.10. The second kappa shape index (κ2) is 5.12. The van der Waals surface area contributed by atoms with Crippen LogP contribution in [0.4, 0.5) is 0 Å². The molecule has 1 aromatic rings. The van der Waals surface area contributed by atoms with E-state index in [1.807, 2.05) is 0 Å². The van der Waals surface area contributed by atoms with E-state index in [-0.39, 0.29) is 11.3 Å². The molecule has 4 nitrogen and oxygen atoms in total. The van der Waals surface area contributed by atoms with Crippen LogP contribution in [0.3, 0.4) is 0 Å². The Morgan fingerprint density at radius 1 is 1.31 bits per heavy atom. The number of carbonyl (C=O) groups is 2. The van der Waals surface area contributed by atoms with Gasteiger partial charge in [0.05, 0.1) is 7.11 Å². The van der Waals surface area contributed by atoms with Crippen LogP contribution < -0.4 is 4.74 Å². The van der Waals surface area contributed by atoms with Crippen LogP contribution in [-0.2, 0) is 9.53 Å². The Balaban J connectivity index is 3.32. The molecule has 0 unspecified atom stereocenters. The summed E-state index contributed by atoms with van der Waals surface area (Å²) in [7, 11) is 1.28. The number of hydrogen-bond acceptors (Lipinski definition) is 4. The van der Waals surface area contributed by atoms with Gasteiger partial charge in [-0.1, -0.05) is 15.9 Å². The molecule has 0 bridgehead atoms. The van der Waals surface area contributed by atoms with Crippen molar-refractivity contribution in [2.75, 3.05) is 7.11 Å². The van der Waals surface area contributed by atoms with Crippen molar-refractivity contribution in [3.8, 4) is 5.75 Å². The lowest BCUT2D eigenvalue weighted by molar-refractivity contribution is -0.131. The maximum absolute atomic E-state index is 11.6. The average molecular weight is 287 g/mol. The summed E-state index contributed by atoms with van der Waals surface area (Å²) in [4.78, 5) is 22.4. The molecule has 0 amide bonds. The molecule has 0 aliphatic heterocycles. The van der Waals surface area contributed by atoms with Gasteiger partial charge in [-0.05, 0) is 24.6 Å². The molecule has 16 heavy (non-hydrogen) atoms. The quantitative estimate of drug-likeness (QED) is 0.619. The summed E-state index contributed by atoms with van der Waals surface area (Å²) >= 11 is 3.30. The van der Waals surface area contributed by atoms with Gasteiger partial charge in [0, 0.05) is 11.4 Å². The molecule has 86 valence electrons. The summed E-state index contributed by atoms with van der Waals surface area (Å²) in [5.41, 5.74) is 0.928. The van der Waals surface area contributed by atoms with Gasteiger partial charge in [0.2, 0.25) is 0 Å². The number of methoxy groups -OCH3 is 1. The van der Waals surface area contributed by atoms with Crippen LogP contribution in [0.2, 0.25) is 0 Å². The Bertz CT molecular complexity index is 440. The van der Waals surface area contributed by atoms with E-state index in [2.05, 4.69) is 20.7 Å². The predicted octanol–water partition coefficient (Wildman–Crippen LogP) is 2.47. The van der Waals surface area contributed by atoms with Crippen molar-refractivity contribution in [2.24, 2.45) is 0 Å². The molecule has 0 aliphatic carbocycles. The van der Waals surface area contributed by atoms with Crippen LogP contribution >= 0.6 is 15.9 Å². The summed E-state index contributed by atoms with van der Waals surface area (Å²) in [6, 6.07) is 3.25. The van der Waals surface area contributed by atoms with Gasteiger partial charge in [-0.2, -0.15) is 0 Å². The highest BCUT2D eigenvalue weighted by Gasteiger charge is 2.19. The summed E-state index contributed by atoms with van der Waals surface area (Å²) in [6.07, 6.45) is 0. The van der Waals surface area contributed by atoms with Crippen molar-refractivity contribution >= 4 is 27.9 Å². The zero-order valence-electron chi connectivity index (χ0n) is 9.17. The summed E-state index contributed by atoms with van der Waals surface area (Å²) in [6.45, 7) is 3.02. The molecule has 1 rings (SSSR count). The van der Waals surface area contributed by atoms with Gasteiger partial charge in [-0.15, -0.1) is 0 Å². The number of carbonyl (C=O) groups excluding carboxylic acids is 2. The van der Waals surface area contributed by atoms with Crippen molar-refractivity contribution in [3.63, 3.8) is 0 Å². The minimum Gasteiger partial charge on any atom is -0.465 e. The topological polar surface area (TPSA) is 52.6 Å². The number of hydrogen-bond donors (Lipinski definition) is 0. The molecule has 0 aromatic heterocycles. The van der Waals surface area contributed by atoms with Crippen LogP contribution in [0, 0.1) is 6.92 Å². The standard InChI is InChI=1S/C11H11BrO4/c1-6-8(12)4-5-9(16-7(2)13)10(6)11(14)15-3/h4-5H,1-3H3. The van der Waals surface area contributed by atoms with Crippen LogP contribution in [0.15, 0.2) is 16.6 Å². The fourth-order valence-electron chi connectivity index (χ4n) is 1.26. The monoisotopic (exact) mass is 286 g/mol. The third kappa shape index (κ3) is 2.61. The predicted molar refractivity (Wildman–Crippen MR) is 61.5 cm³/mol. The van der Waals surface area contributed by atoms with Crippen molar-refractivity contribution < 1.29 is 19.1 Å². The van der Waals surface area contributed by atoms with Gasteiger partial charge in [-0.25, -0.2) is 4.79 Å². The Kier molecular flexibility index (Phi) is 4.06. The number of benzene rings is 1. The highest BCUT2D eigenvalue weighted by atomic mass is 79.9. The third-order valence-electron chi connectivity index (χ3n) is 2.00. The Hall–Kier alpha value is -1.36. The molecule has 0 fully saturated rings. The molecule has 0 heterocycles. The van der Waals surface area contributed by atoms with E-state index < -0.39 is 11.9 Å². The zero-order valence-corrected chi connectivity index (χ0v) is 10.8. The van der Waals surface area contributed by atoms with Gasteiger partial charge in [0.25, 0.3) is 0 Å². The van der Waals surface area contributed by atoms with Crippen molar-refractivity contribution in [1.29, 1.82) is 0 Å². The lowest BCUT2D eigenvalue weighted by Crippen LogP contribution is -2.10. The Morgan fingerprint density at radius 3 is 2.44 bits per heavy atom. The lowest BCUT2D eigenvalue weighted by Gasteiger charge is -2.11. The van der Waals surface area contributed by atoms with E-state index in [0.29, 0.717) is 5.56 Å². The molecule has 0 atom stereocenters. The molecular formula is C11H11BrO4. The smallest absolute Gasteiger partial charge is 0.341 e. The minimum atomic E-state index is -0.532. The van der Waals surface area contributed by atoms with E-state index in [9.17, 15) is 9.59 Å². The molecule has 0 aliphatic rings. The fraction of sp³-hybridized carbons (Fsp3) is 0.273. The fourth-order valence-corrected chi connectivity index (χ4v) is 1.59. The van der Waals surface area contributed by atoms with Crippen molar-refractivity contribution in [3.05, 3.63) is 27.7 Å². The van der Waals surface area contributed by atoms with Gasteiger partial charge in [0.1, 0.15) is 11.3 Å². The highest BCUT2D eigenvalue weighted by Crippen LogP contribution is 2.29. The summed E-state index contributed by atoms with van der Waals surface area (Å²) in [5, 5.41) is 0. The van der Waals surface area contributed by atoms with E-state index in [1.165, 1.54) is 14.0 Å². The van der Waals surface area contributed by atoms with E-state index in [1.54, 1.807) is 19.1 Å². The Labute approximate surface area is 102 Å². The normalized spacial score (nSPS) is 9.75. The second-order valence-electron chi connectivity index (χ2n) is 3.13. The van der Waals surface area contributed by atoms with Crippen LogP contribution in [0.5, 0.6) is 5.75 Å². The zero-order chi connectivity index (χ0) is 12.3. The number of ether oxygens (including phenoxy) is 2. The second-order valence-corrected chi connectivity index (χ2v) is 3.99. The first-order valence-corrected chi connectivity index (χ1v) is 5.32. The van der Waals surface area contributed by atoms with Gasteiger partial charge < -0.3 is 9.47 Å². The van der Waals surface area contributed by atoms with Crippen molar-refractivity contribution in [2.45, 2.75) is 13.8 Å². The molecular weight excluding hydrogens is 276 g/mol. The number of halogens is 1. The number of esters is 2. The Morgan fingerprint density at radius 2 is 1.94 bits per heavy atom. The molecule has 5 heteroatoms. The molecule has 0 saturated carbocycles. The first kappa shape index (κ1) is 12.7. The first-order chi connectivity index (χ1) is 7.47. The van der Waals surface area contributed by atoms with Gasteiger partial charge in [0.15, 0.2) is 0 Å². The molecule has 0 N–H and O–H groups in total. The van der Waals surface area contributed by atoms with Crippen molar-refractivity contribution in [1.82, 2.24) is 0 Å². The third-order valence-corrected chi connectivity index (χ3v) is 2.86. The minimum absolute atomic E-state index is 0.208. The van der Waals surface area contributed by atoms with Gasteiger partial charge in [-0.3, -0.25) is 4.79 Å². The average Bonchev–Trinajstić information content (AvgIpc) is 2.22. The van der Waals surface area contributed by atoms with E-state index in [0.717, 1.165) is 4.47 Å². The summed E-state index contributed by atoms with van der Waals surface area (Å²) in [5.74, 6) is -0.804. The van der Waals surface area contributed by atoms with Crippen LogP contribution in [0.25, 0.3) is 0 Å². The molecule has 0 saturated heterocycles. The van der Waals surface area contributed by atoms with Crippen LogP contribution in [0.1, 0.15) is 22.8 Å². The van der Waals surface area contributed by atoms with E-state index in [4.69, 9.17) is 4.74 Å². The summed E-state index contributed by atoms with van der Waals surface area (Å²) < 4.78 is 10.3. The van der Waals surface area contributed by atoms with Crippen LogP contribution in [-0.4, -0.2) is 19.0 Å². The largest absolute Gasteiger partial charge is 0.465 e. The van der Waals surface area contributed by atoms with E-state index >= 15 is 0 Å². The number of rotatable bonds is 2. The molecule has 1 aromatic carbocycles. The molecule has 0 radical (unpaired) electrons. The first-order valence-electron chi connectivity index (χ1n) is 4.53. The molecule has 0 spiro atoms. The maximum atomic E-state index is 11.6. The maximum Gasteiger partial charge on any atom is 0.341 e.